The first kappa shape index (κ1) is 13.4. The smallest absolute Gasteiger partial charge is 0.262 e. The van der Waals surface area contributed by atoms with Gasteiger partial charge in [0.1, 0.15) is 11.6 Å². The van der Waals surface area contributed by atoms with Crippen molar-refractivity contribution in [1.29, 1.82) is 5.41 Å². The van der Waals surface area contributed by atoms with E-state index in [1.54, 1.807) is 17.7 Å². The second-order valence-corrected chi connectivity index (χ2v) is 5.15. The molecule has 1 aliphatic carbocycles. The summed E-state index contributed by atoms with van der Waals surface area (Å²) in [5.41, 5.74) is 7.23. The van der Waals surface area contributed by atoms with Gasteiger partial charge in [0.2, 0.25) is 0 Å². The molecule has 0 spiro atoms. The molecular formula is C16H17N3O2. The number of hydrogen-bond acceptors (Lipinski definition) is 3. The zero-order valence-corrected chi connectivity index (χ0v) is 11.8. The summed E-state index contributed by atoms with van der Waals surface area (Å²) >= 11 is 0. The number of nitrogens with two attached hydrogens (primary N) is 1. The molecule has 1 saturated carbocycles. The van der Waals surface area contributed by atoms with E-state index < -0.39 is 0 Å². The van der Waals surface area contributed by atoms with Crippen LogP contribution in [0.25, 0.3) is 11.3 Å². The molecule has 1 fully saturated rings. The molecule has 21 heavy (non-hydrogen) atoms. The summed E-state index contributed by atoms with van der Waals surface area (Å²) in [6.45, 7) is 0. The predicted molar refractivity (Wildman–Crippen MR) is 82.0 cm³/mol. The fourth-order valence-corrected chi connectivity index (χ4v) is 2.53. The fraction of sp³-hybridized carbons (Fsp3) is 0.250. The molecule has 5 heteroatoms. The van der Waals surface area contributed by atoms with E-state index in [2.05, 4.69) is 0 Å². The molecule has 1 aromatic heterocycles. The number of amidine groups is 1. The van der Waals surface area contributed by atoms with E-state index in [0.717, 1.165) is 29.8 Å². The first-order chi connectivity index (χ1) is 10.1. The van der Waals surface area contributed by atoms with Gasteiger partial charge in [-0.2, -0.15) is 0 Å². The zero-order valence-electron chi connectivity index (χ0n) is 11.8. The van der Waals surface area contributed by atoms with Gasteiger partial charge >= 0.3 is 0 Å². The lowest BCUT2D eigenvalue weighted by molar-refractivity contribution is 0.416. The highest BCUT2D eigenvalue weighted by Crippen LogP contribution is 2.39. The molecule has 108 valence electrons. The van der Waals surface area contributed by atoms with Crippen molar-refractivity contribution in [3.8, 4) is 17.0 Å². The standard InChI is InChI=1S/C16H17N3O2/c1-21-14-5-3-2-4-11(14)13-9-8-12(15(17)18)16(20)19(13)10-6-7-10/h2-5,8-10H,6-7H2,1H3,(H3,17,18). The van der Waals surface area contributed by atoms with Crippen LogP contribution in [0.1, 0.15) is 24.4 Å². The van der Waals surface area contributed by atoms with Gasteiger partial charge in [0, 0.05) is 11.6 Å². The molecule has 2 aromatic rings. The highest BCUT2D eigenvalue weighted by molar-refractivity contribution is 5.94. The predicted octanol–water partition coefficient (Wildman–Crippen LogP) is 2.14. The Morgan fingerprint density at radius 3 is 2.62 bits per heavy atom. The van der Waals surface area contributed by atoms with Crippen LogP contribution in [0.3, 0.4) is 0 Å². The normalized spacial score (nSPS) is 14.0. The summed E-state index contributed by atoms with van der Waals surface area (Å²) in [6.07, 6.45) is 1.95. The van der Waals surface area contributed by atoms with Crippen molar-refractivity contribution in [1.82, 2.24) is 4.57 Å². The minimum absolute atomic E-state index is 0.191. The van der Waals surface area contributed by atoms with Crippen LogP contribution in [0.15, 0.2) is 41.2 Å². The summed E-state index contributed by atoms with van der Waals surface area (Å²) in [5, 5.41) is 7.53. The first-order valence-corrected chi connectivity index (χ1v) is 6.87. The number of aromatic nitrogens is 1. The molecular weight excluding hydrogens is 266 g/mol. The Kier molecular flexibility index (Phi) is 3.25. The zero-order chi connectivity index (χ0) is 15.0. The molecule has 5 nitrogen and oxygen atoms in total. The van der Waals surface area contributed by atoms with Crippen molar-refractivity contribution in [2.45, 2.75) is 18.9 Å². The Hall–Kier alpha value is -2.56. The average Bonchev–Trinajstić information content (AvgIpc) is 3.31. The number of para-hydroxylation sites is 1. The summed E-state index contributed by atoms with van der Waals surface area (Å²) < 4.78 is 7.13. The molecule has 0 saturated heterocycles. The van der Waals surface area contributed by atoms with Crippen molar-refractivity contribution in [3.63, 3.8) is 0 Å². The number of nitrogens with zero attached hydrogens (tertiary/aromatic N) is 1. The topological polar surface area (TPSA) is 81.1 Å². The van der Waals surface area contributed by atoms with Crippen LogP contribution in [-0.2, 0) is 0 Å². The summed E-state index contributed by atoms with van der Waals surface area (Å²) in [7, 11) is 1.61. The summed E-state index contributed by atoms with van der Waals surface area (Å²) in [6, 6.07) is 11.3. The average molecular weight is 283 g/mol. The molecule has 0 bridgehead atoms. The minimum Gasteiger partial charge on any atom is -0.496 e. The van der Waals surface area contributed by atoms with Crippen LogP contribution >= 0.6 is 0 Å². The second kappa shape index (κ2) is 5.09. The Morgan fingerprint density at radius 1 is 1.29 bits per heavy atom. The van der Waals surface area contributed by atoms with E-state index in [0.29, 0.717) is 0 Å². The van der Waals surface area contributed by atoms with E-state index in [-0.39, 0.29) is 23.0 Å². The van der Waals surface area contributed by atoms with Gasteiger partial charge in [-0.25, -0.2) is 0 Å². The largest absolute Gasteiger partial charge is 0.496 e. The van der Waals surface area contributed by atoms with Gasteiger partial charge in [0.05, 0.1) is 18.4 Å². The molecule has 0 radical (unpaired) electrons. The number of pyridine rings is 1. The van der Waals surface area contributed by atoms with E-state index in [9.17, 15) is 4.79 Å². The molecule has 0 aliphatic heterocycles. The third-order valence-corrected chi connectivity index (χ3v) is 3.70. The number of rotatable bonds is 4. The number of hydrogen-bond donors (Lipinski definition) is 2. The van der Waals surface area contributed by atoms with Gasteiger partial charge in [0.25, 0.3) is 5.56 Å². The molecule has 0 amide bonds. The van der Waals surface area contributed by atoms with Crippen molar-refractivity contribution in [2.24, 2.45) is 5.73 Å². The molecule has 0 unspecified atom stereocenters. The number of methoxy groups -OCH3 is 1. The van der Waals surface area contributed by atoms with Gasteiger partial charge in [-0.1, -0.05) is 12.1 Å². The Bertz CT molecular complexity index is 760. The third kappa shape index (κ3) is 2.31. The van der Waals surface area contributed by atoms with Crippen LogP contribution in [0, 0.1) is 5.41 Å². The number of nitrogen functional groups attached to an aromatic ring is 1. The molecule has 0 atom stereocenters. The van der Waals surface area contributed by atoms with Gasteiger partial charge in [0.15, 0.2) is 0 Å². The first-order valence-electron chi connectivity index (χ1n) is 6.87. The quantitative estimate of drug-likeness (QED) is 0.666. The SMILES string of the molecule is COc1ccccc1-c1ccc(C(=N)N)c(=O)n1C1CC1. The summed E-state index contributed by atoms with van der Waals surface area (Å²) in [4.78, 5) is 12.6. The lowest BCUT2D eigenvalue weighted by atomic mass is 10.1. The second-order valence-electron chi connectivity index (χ2n) is 5.15. The lowest BCUT2D eigenvalue weighted by Gasteiger charge is -2.16. The van der Waals surface area contributed by atoms with Crippen molar-refractivity contribution in [3.05, 3.63) is 52.3 Å². The van der Waals surface area contributed by atoms with E-state index in [1.807, 2.05) is 30.3 Å². The molecule has 3 N–H and O–H groups in total. The maximum atomic E-state index is 12.6. The van der Waals surface area contributed by atoms with E-state index in [1.165, 1.54) is 0 Å². The van der Waals surface area contributed by atoms with Gasteiger partial charge in [-0.15, -0.1) is 0 Å². The van der Waals surface area contributed by atoms with Crippen LogP contribution in [0.5, 0.6) is 5.75 Å². The van der Waals surface area contributed by atoms with Crippen LogP contribution < -0.4 is 16.0 Å². The van der Waals surface area contributed by atoms with E-state index in [4.69, 9.17) is 15.9 Å². The Balaban J connectivity index is 2.26. The highest BCUT2D eigenvalue weighted by atomic mass is 16.5. The van der Waals surface area contributed by atoms with Gasteiger partial charge in [-0.3, -0.25) is 10.2 Å². The van der Waals surface area contributed by atoms with Gasteiger partial charge in [-0.05, 0) is 37.1 Å². The molecule has 3 rings (SSSR count). The van der Waals surface area contributed by atoms with Crippen molar-refractivity contribution < 1.29 is 4.74 Å². The Morgan fingerprint density at radius 2 is 2.00 bits per heavy atom. The van der Waals surface area contributed by atoms with Gasteiger partial charge < -0.3 is 15.0 Å². The third-order valence-electron chi connectivity index (χ3n) is 3.70. The number of benzene rings is 1. The Labute approximate surface area is 122 Å². The van der Waals surface area contributed by atoms with Crippen LogP contribution in [0.2, 0.25) is 0 Å². The lowest BCUT2D eigenvalue weighted by Crippen LogP contribution is -2.30. The maximum Gasteiger partial charge on any atom is 0.262 e. The van der Waals surface area contributed by atoms with Crippen molar-refractivity contribution in [2.75, 3.05) is 7.11 Å². The van der Waals surface area contributed by atoms with Crippen LogP contribution in [-0.4, -0.2) is 17.5 Å². The number of nitrogens with one attached hydrogen (secondary N) is 1. The molecule has 1 aromatic carbocycles. The summed E-state index contributed by atoms with van der Waals surface area (Å²) in [5.74, 6) is 0.530. The number of ether oxygens (including phenoxy) is 1. The highest BCUT2D eigenvalue weighted by Gasteiger charge is 2.29. The maximum absolute atomic E-state index is 12.6. The monoisotopic (exact) mass is 283 g/mol. The van der Waals surface area contributed by atoms with E-state index >= 15 is 0 Å². The van der Waals surface area contributed by atoms with Crippen molar-refractivity contribution >= 4 is 5.84 Å². The minimum atomic E-state index is -0.201. The molecule has 1 heterocycles. The molecule has 1 aliphatic rings. The van der Waals surface area contributed by atoms with Crippen LogP contribution in [0.4, 0.5) is 0 Å². The fourth-order valence-electron chi connectivity index (χ4n) is 2.53.